The van der Waals surface area contributed by atoms with Crippen LogP contribution in [0.15, 0.2) is 17.1 Å². The number of halogens is 3. The summed E-state index contributed by atoms with van der Waals surface area (Å²) in [5, 5.41) is 2.75. The van der Waals surface area contributed by atoms with E-state index < -0.39 is 12.3 Å². The number of aliphatic imine (C=N–C) groups is 1. The Kier molecular flexibility index (Phi) is 6.07. The van der Waals surface area contributed by atoms with E-state index in [2.05, 4.69) is 16.9 Å². The van der Waals surface area contributed by atoms with Gasteiger partial charge in [0, 0.05) is 12.0 Å². The first-order valence-corrected chi connectivity index (χ1v) is 4.49. The number of hydrogen-bond donors (Lipinski definition) is 2. The third-order valence-electron chi connectivity index (χ3n) is 2.02. The predicted molar refractivity (Wildman–Crippen MR) is 67.8 cm³/mol. The minimum Gasteiger partial charge on any atom is -0.370 e. The van der Waals surface area contributed by atoms with Crippen LogP contribution in [0.5, 0.6) is 0 Å². The highest BCUT2D eigenvalue weighted by Crippen LogP contribution is 2.35. The Balaban J connectivity index is 0.00000196. The van der Waals surface area contributed by atoms with Crippen molar-refractivity contribution in [2.75, 3.05) is 6.54 Å². The minimum absolute atomic E-state index is 0. The molecule has 0 heterocycles. The lowest BCUT2D eigenvalue weighted by atomic mass is 10.4. The maximum Gasteiger partial charge on any atom is 0.243 e. The van der Waals surface area contributed by atoms with E-state index in [1.165, 1.54) is 0 Å². The Bertz CT molecular complexity index is 256. The molecule has 1 saturated carbocycles. The fraction of sp³-hybridized carbons (Fsp3) is 0.667. The van der Waals surface area contributed by atoms with Crippen LogP contribution < -0.4 is 11.1 Å². The predicted octanol–water partition coefficient (Wildman–Crippen LogP) is 1.74. The van der Waals surface area contributed by atoms with Crippen molar-refractivity contribution in [1.29, 1.82) is 0 Å². The first kappa shape index (κ1) is 14.6. The molecule has 6 heteroatoms. The minimum atomic E-state index is -2.26. The average Bonchev–Trinajstić information content (AvgIpc) is 2.80. The highest BCUT2D eigenvalue weighted by molar-refractivity contribution is 14.0. The number of nitrogens with one attached hydrogen (secondary N) is 1. The van der Waals surface area contributed by atoms with Crippen molar-refractivity contribution >= 4 is 29.9 Å². The van der Waals surface area contributed by atoms with E-state index in [-0.39, 0.29) is 36.0 Å². The van der Waals surface area contributed by atoms with Crippen molar-refractivity contribution < 1.29 is 8.78 Å². The molecule has 0 aliphatic heterocycles. The van der Waals surface area contributed by atoms with Gasteiger partial charge in [-0.1, -0.05) is 12.2 Å². The number of nitrogens with zero attached hydrogens (tertiary/aromatic N) is 1. The molecule has 0 bridgehead atoms. The van der Waals surface area contributed by atoms with Gasteiger partial charge in [-0.2, -0.15) is 0 Å². The molecule has 0 unspecified atom stereocenters. The molecule has 0 amide bonds. The van der Waals surface area contributed by atoms with E-state index in [9.17, 15) is 8.78 Å². The molecule has 1 aliphatic rings. The summed E-state index contributed by atoms with van der Waals surface area (Å²) in [5.74, 6) is -0.338. The van der Waals surface area contributed by atoms with Crippen molar-refractivity contribution in [3.05, 3.63) is 12.2 Å². The van der Waals surface area contributed by atoms with E-state index >= 15 is 0 Å². The second-order valence-electron chi connectivity index (χ2n) is 3.64. The van der Waals surface area contributed by atoms with Crippen LogP contribution in [-0.2, 0) is 0 Å². The van der Waals surface area contributed by atoms with Crippen LogP contribution in [0.25, 0.3) is 0 Å². The number of hydrogen-bond acceptors (Lipinski definition) is 1. The zero-order valence-electron chi connectivity index (χ0n) is 8.54. The van der Waals surface area contributed by atoms with E-state index in [0.29, 0.717) is 13.0 Å². The molecule has 0 radical (unpaired) electrons. The molecule has 0 aromatic rings. The SMILES string of the molecule is C=C(C)CN=C(N)N[C@H]1C[C@@H]1C(F)F.I. The standard InChI is InChI=1S/C9H15F2N3.HI/c1-5(2)4-13-9(12)14-7-3-6(7)8(10)11;/h6-8H,1,3-4H2,2H3,(H3,12,13,14);1H/t6-,7-;/m0./s1. The summed E-state index contributed by atoms with van der Waals surface area (Å²) < 4.78 is 24.2. The molecule has 0 aromatic heterocycles. The lowest BCUT2D eigenvalue weighted by molar-refractivity contribution is 0.120. The average molecular weight is 331 g/mol. The molecule has 3 nitrogen and oxygen atoms in total. The van der Waals surface area contributed by atoms with Gasteiger partial charge in [0.25, 0.3) is 0 Å². The van der Waals surface area contributed by atoms with Gasteiger partial charge >= 0.3 is 0 Å². The van der Waals surface area contributed by atoms with Crippen LogP contribution in [0.3, 0.4) is 0 Å². The van der Waals surface area contributed by atoms with Crippen molar-refractivity contribution in [3.63, 3.8) is 0 Å². The molecule has 3 N–H and O–H groups in total. The lowest BCUT2D eigenvalue weighted by Gasteiger charge is -2.04. The van der Waals surface area contributed by atoms with Gasteiger partial charge in [0.15, 0.2) is 5.96 Å². The Morgan fingerprint density at radius 1 is 1.67 bits per heavy atom. The Morgan fingerprint density at radius 3 is 2.67 bits per heavy atom. The second kappa shape index (κ2) is 6.24. The van der Waals surface area contributed by atoms with Gasteiger partial charge in [-0.05, 0) is 13.3 Å². The van der Waals surface area contributed by atoms with Gasteiger partial charge in [-0.25, -0.2) is 13.8 Å². The normalized spacial score (nSPS) is 24.7. The molecule has 1 fully saturated rings. The molecule has 0 aromatic carbocycles. The lowest BCUT2D eigenvalue weighted by Crippen LogP contribution is -2.35. The summed E-state index contributed by atoms with van der Waals surface area (Å²) in [5.41, 5.74) is 6.36. The number of nitrogens with two attached hydrogens (primary N) is 1. The van der Waals surface area contributed by atoms with Crippen LogP contribution in [0, 0.1) is 5.92 Å². The smallest absolute Gasteiger partial charge is 0.243 e. The summed E-state index contributed by atoms with van der Waals surface area (Å²) in [6.07, 6.45) is -1.79. The van der Waals surface area contributed by atoms with Crippen LogP contribution in [-0.4, -0.2) is 25.0 Å². The molecular weight excluding hydrogens is 315 g/mol. The maximum absolute atomic E-state index is 12.1. The van der Waals surface area contributed by atoms with Gasteiger partial charge in [0.2, 0.25) is 6.43 Å². The Morgan fingerprint density at radius 2 is 2.27 bits per heavy atom. The quantitative estimate of drug-likeness (QED) is 0.357. The largest absolute Gasteiger partial charge is 0.370 e. The van der Waals surface area contributed by atoms with Gasteiger partial charge in [-0.3, -0.25) is 0 Å². The molecule has 1 aliphatic carbocycles. The van der Waals surface area contributed by atoms with E-state index in [0.717, 1.165) is 5.57 Å². The topological polar surface area (TPSA) is 50.4 Å². The van der Waals surface area contributed by atoms with Gasteiger partial charge in [-0.15, -0.1) is 24.0 Å². The number of guanidine groups is 1. The zero-order chi connectivity index (χ0) is 10.7. The fourth-order valence-corrected chi connectivity index (χ4v) is 1.11. The highest BCUT2D eigenvalue weighted by atomic mass is 127. The van der Waals surface area contributed by atoms with Gasteiger partial charge in [0.05, 0.1) is 6.54 Å². The summed E-state index contributed by atoms with van der Waals surface area (Å²) in [7, 11) is 0. The van der Waals surface area contributed by atoms with E-state index in [4.69, 9.17) is 5.73 Å². The van der Waals surface area contributed by atoms with Crippen molar-refractivity contribution in [2.45, 2.75) is 25.8 Å². The molecule has 0 spiro atoms. The first-order valence-electron chi connectivity index (χ1n) is 4.49. The molecule has 1 rings (SSSR count). The zero-order valence-corrected chi connectivity index (χ0v) is 10.9. The summed E-state index contributed by atoms with van der Waals surface area (Å²) in [4.78, 5) is 3.94. The van der Waals surface area contributed by atoms with E-state index in [1.807, 2.05) is 6.92 Å². The van der Waals surface area contributed by atoms with Crippen LogP contribution >= 0.6 is 24.0 Å². The number of rotatable bonds is 4. The monoisotopic (exact) mass is 331 g/mol. The molecule has 2 atom stereocenters. The molecule has 88 valence electrons. The maximum atomic E-state index is 12.1. The van der Waals surface area contributed by atoms with Crippen LogP contribution in [0.1, 0.15) is 13.3 Å². The third kappa shape index (κ3) is 5.29. The Labute approximate surface area is 105 Å². The van der Waals surface area contributed by atoms with Crippen molar-refractivity contribution in [3.8, 4) is 0 Å². The molecular formula is C9H16F2IN3. The van der Waals surface area contributed by atoms with Crippen LogP contribution in [0.4, 0.5) is 8.78 Å². The van der Waals surface area contributed by atoms with Crippen LogP contribution in [0.2, 0.25) is 0 Å². The summed E-state index contributed by atoms with van der Waals surface area (Å²) >= 11 is 0. The van der Waals surface area contributed by atoms with Crippen molar-refractivity contribution in [2.24, 2.45) is 16.6 Å². The second-order valence-corrected chi connectivity index (χ2v) is 3.64. The molecule has 15 heavy (non-hydrogen) atoms. The Hall–Kier alpha value is -0.400. The first-order chi connectivity index (χ1) is 6.50. The third-order valence-corrected chi connectivity index (χ3v) is 2.02. The molecule has 0 saturated heterocycles. The summed E-state index contributed by atoms with van der Waals surface area (Å²) in [6.45, 7) is 5.92. The van der Waals surface area contributed by atoms with Gasteiger partial charge < -0.3 is 11.1 Å². The van der Waals surface area contributed by atoms with E-state index in [1.54, 1.807) is 0 Å². The summed E-state index contributed by atoms with van der Waals surface area (Å²) in [6, 6.07) is -0.205. The number of alkyl halides is 2. The fourth-order valence-electron chi connectivity index (χ4n) is 1.11. The van der Waals surface area contributed by atoms with Crippen molar-refractivity contribution in [1.82, 2.24) is 5.32 Å². The van der Waals surface area contributed by atoms with Gasteiger partial charge in [0.1, 0.15) is 0 Å². The highest BCUT2D eigenvalue weighted by Gasteiger charge is 2.44.